The summed E-state index contributed by atoms with van der Waals surface area (Å²) in [6, 6.07) is 4.48. The highest BCUT2D eigenvalue weighted by atomic mass is 32.1. The topological polar surface area (TPSA) is 37.8 Å². The monoisotopic (exact) mass is 259 g/mol. The molecule has 1 aliphatic rings. The van der Waals surface area contributed by atoms with Crippen molar-refractivity contribution in [3.63, 3.8) is 0 Å². The molecule has 3 heterocycles. The summed E-state index contributed by atoms with van der Waals surface area (Å²) in [6.45, 7) is 3.21. The number of hydrogen-bond acceptors (Lipinski definition) is 4. The molecule has 0 amide bonds. The van der Waals surface area contributed by atoms with Crippen LogP contribution in [0.3, 0.4) is 0 Å². The molecule has 0 aliphatic carbocycles. The van der Waals surface area contributed by atoms with E-state index in [9.17, 15) is 0 Å². The maximum Gasteiger partial charge on any atom is 0.145 e. The van der Waals surface area contributed by atoms with Crippen molar-refractivity contribution in [3.8, 4) is 10.6 Å². The Morgan fingerprint density at radius 2 is 2.28 bits per heavy atom. The van der Waals surface area contributed by atoms with Gasteiger partial charge in [-0.1, -0.05) is 6.42 Å². The third-order valence-corrected chi connectivity index (χ3v) is 4.43. The molecule has 4 heteroatoms. The minimum absolute atomic E-state index is 0.332. The maximum atomic E-state index is 4.74. The smallest absolute Gasteiger partial charge is 0.145 e. The van der Waals surface area contributed by atoms with Crippen LogP contribution in [-0.2, 0) is 0 Å². The van der Waals surface area contributed by atoms with E-state index < -0.39 is 0 Å². The second kappa shape index (κ2) is 5.16. The Morgan fingerprint density at radius 3 is 3.00 bits per heavy atom. The molecule has 0 saturated carbocycles. The van der Waals surface area contributed by atoms with Crippen molar-refractivity contribution >= 4 is 11.3 Å². The molecule has 18 heavy (non-hydrogen) atoms. The molecule has 1 saturated heterocycles. The lowest BCUT2D eigenvalue weighted by Gasteiger charge is -2.22. The third kappa shape index (κ3) is 2.31. The molecule has 1 atom stereocenters. The highest BCUT2D eigenvalue weighted by Gasteiger charge is 2.18. The summed E-state index contributed by atoms with van der Waals surface area (Å²) in [5.74, 6) is 0.944. The van der Waals surface area contributed by atoms with Crippen LogP contribution in [0.4, 0.5) is 0 Å². The summed E-state index contributed by atoms with van der Waals surface area (Å²) >= 11 is 1.75. The molecule has 1 fully saturated rings. The number of hydrogen-bond donors (Lipinski definition) is 1. The third-order valence-electron chi connectivity index (χ3n) is 3.39. The summed E-state index contributed by atoms with van der Waals surface area (Å²) in [7, 11) is 0. The van der Waals surface area contributed by atoms with Gasteiger partial charge in [0.25, 0.3) is 0 Å². The summed E-state index contributed by atoms with van der Waals surface area (Å²) in [6.07, 6.45) is 5.56. The number of aryl methyl sites for hydroxylation is 1. The van der Waals surface area contributed by atoms with Crippen molar-refractivity contribution < 1.29 is 0 Å². The zero-order valence-corrected chi connectivity index (χ0v) is 11.3. The summed E-state index contributed by atoms with van der Waals surface area (Å²) in [5.41, 5.74) is 2.35. The number of piperidine rings is 1. The van der Waals surface area contributed by atoms with Gasteiger partial charge >= 0.3 is 0 Å². The van der Waals surface area contributed by atoms with Gasteiger partial charge in [-0.3, -0.25) is 0 Å². The molecule has 1 N–H and O–H groups in total. The second-order valence-electron chi connectivity index (χ2n) is 4.74. The van der Waals surface area contributed by atoms with Gasteiger partial charge in [0, 0.05) is 6.20 Å². The minimum Gasteiger partial charge on any atom is -0.307 e. The molecule has 2 aromatic rings. The number of nitrogens with one attached hydrogen (secondary N) is 1. The Hall–Kier alpha value is -1.26. The fourth-order valence-corrected chi connectivity index (χ4v) is 3.27. The Labute approximate surface area is 111 Å². The van der Waals surface area contributed by atoms with Crippen LogP contribution in [0.2, 0.25) is 0 Å². The van der Waals surface area contributed by atoms with E-state index in [-0.39, 0.29) is 0 Å². The van der Waals surface area contributed by atoms with Crippen LogP contribution >= 0.6 is 11.3 Å². The largest absolute Gasteiger partial charge is 0.307 e. The molecular weight excluding hydrogens is 242 g/mol. The normalized spacial score (nSPS) is 19.9. The first-order valence-electron chi connectivity index (χ1n) is 6.45. The molecule has 0 aromatic carbocycles. The van der Waals surface area contributed by atoms with Crippen molar-refractivity contribution in [2.24, 2.45) is 0 Å². The standard InChI is InChI=1S/C14H17N3S/c1-10-6-9-18-13(10)11-5-8-16-14(17-11)12-4-2-3-7-15-12/h5-6,8-9,12,15H,2-4,7H2,1H3. The molecule has 1 aliphatic heterocycles. The Balaban J connectivity index is 1.91. The quantitative estimate of drug-likeness (QED) is 0.899. The highest BCUT2D eigenvalue weighted by Crippen LogP contribution is 2.28. The van der Waals surface area contributed by atoms with Crippen LogP contribution in [0.1, 0.15) is 36.7 Å². The minimum atomic E-state index is 0.332. The van der Waals surface area contributed by atoms with E-state index in [4.69, 9.17) is 4.98 Å². The van der Waals surface area contributed by atoms with Crippen molar-refractivity contribution in [1.82, 2.24) is 15.3 Å². The fraction of sp³-hybridized carbons (Fsp3) is 0.429. The molecule has 0 bridgehead atoms. The molecule has 3 nitrogen and oxygen atoms in total. The van der Waals surface area contributed by atoms with E-state index in [1.807, 2.05) is 12.3 Å². The van der Waals surface area contributed by atoms with Gasteiger partial charge in [0.05, 0.1) is 16.6 Å². The van der Waals surface area contributed by atoms with E-state index in [1.165, 1.54) is 23.3 Å². The molecule has 2 aromatic heterocycles. The molecule has 1 unspecified atom stereocenters. The molecule has 0 radical (unpaired) electrons. The second-order valence-corrected chi connectivity index (χ2v) is 5.65. The van der Waals surface area contributed by atoms with Crippen LogP contribution in [0.15, 0.2) is 23.7 Å². The van der Waals surface area contributed by atoms with Crippen molar-refractivity contribution in [2.45, 2.75) is 32.2 Å². The molecule has 3 rings (SSSR count). The summed E-state index contributed by atoms with van der Waals surface area (Å²) in [4.78, 5) is 10.4. The van der Waals surface area contributed by atoms with Gasteiger partial charge in [-0.2, -0.15) is 0 Å². The number of aromatic nitrogens is 2. The lowest BCUT2D eigenvalue weighted by Crippen LogP contribution is -2.28. The predicted octanol–water partition coefficient (Wildman–Crippen LogP) is 3.33. The molecule has 94 valence electrons. The van der Waals surface area contributed by atoms with Crippen molar-refractivity contribution in [2.75, 3.05) is 6.54 Å². The van der Waals surface area contributed by atoms with Crippen LogP contribution in [0, 0.1) is 6.92 Å². The van der Waals surface area contributed by atoms with Crippen LogP contribution in [-0.4, -0.2) is 16.5 Å². The van der Waals surface area contributed by atoms with Gasteiger partial charge in [0.1, 0.15) is 5.82 Å². The van der Waals surface area contributed by atoms with E-state index in [1.54, 1.807) is 11.3 Å². The Morgan fingerprint density at radius 1 is 1.33 bits per heavy atom. The fourth-order valence-electron chi connectivity index (χ4n) is 2.38. The lowest BCUT2D eigenvalue weighted by molar-refractivity contribution is 0.397. The van der Waals surface area contributed by atoms with Crippen molar-refractivity contribution in [1.29, 1.82) is 0 Å². The number of thiophene rings is 1. The van der Waals surface area contributed by atoms with Gasteiger partial charge in [-0.25, -0.2) is 9.97 Å². The highest BCUT2D eigenvalue weighted by molar-refractivity contribution is 7.13. The zero-order valence-electron chi connectivity index (χ0n) is 10.5. The SMILES string of the molecule is Cc1ccsc1-c1ccnc(C2CCCCN2)n1. The maximum absolute atomic E-state index is 4.74. The van der Waals surface area contributed by atoms with Crippen molar-refractivity contribution in [3.05, 3.63) is 35.1 Å². The molecule has 0 spiro atoms. The van der Waals surface area contributed by atoms with Crippen LogP contribution in [0.25, 0.3) is 10.6 Å². The van der Waals surface area contributed by atoms with E-state index >= 15 is 0 Å². The predicted molar refractivity (Wildman–Crippen MR) is 74.7 cm³/mol. The zero-order chi connectivity index (χ0) is 12.4. The average molecular weight is 259 g/mol. The number of rotatable bonds is 2. The van der Waals surface area contributed by atoms with Gasteiger partial charge in [-0.05, 0) is 49.4 Å². The molecular formula is C14H17N3S. The first-order chi connectivity index (χ1) is 8.84. The van der Waals surface area contributed by atoms with Gasteiger partial charge < -0.3 is 5.32 Å². The van der Waals surface area contributed by atoms with E-state index in [0.29, 0.717) is 6.04 Å². The van der Waals surface area contributed by atoms with Crippen LogP contribution < -0.4 is 5.32 Å². The van der Waals surface area contributed by atoms with Crippen LogP contribution in [0.5, 0.6) is 0 Å². The number of nitrogens with zero attached hydrogens (tertiary/aromatic N) is 2. The lowest BCUT2D eigenvalue weighted by atomic mass is 10.0. The van der Waals surface area contributed by atoms with Gasteiger partial charge in [0.15, 0.2) is 0 Å². The first-order valence-corrected chi connectivity index (χ1v) is 7.33. The summed E-state index contributed by atoms with van der Waals surface area (Å²) in [5, 5.41) is 5.62. The van der Waals surface area contributed by atoms with Gasteiger partial charge in [0.2, 0.25) is 0 Å². The Bertz CT molecular complexity index is 529. The van der Waals surface area contributed by atoms with E-state index in [2.05, 4.69) is 28.7 Å². The first kappa shape index (κ1) is 11.8. The van der Waals surface area contributed by atoms with E-state index in [0.717, 1.165) is 24.5 Å². The van der Waals surface area contributed by atoms with Gasteiger partial charge in [-0.15, -0.1) is 11.3 Å². The average Bonchev–Trinajstić information content (AvgIpc) is 2.86. The Kier molecular flexibility index (Phi) is 3.39. The summed E-state index contributed by atoms with van der Waals surface area (Å²) < 4.78 is 0.